The Bertz CT molecular complexity index is 879. The van der Waals surface area contributed by atoms with Crippen molar-refractivity contribution in [2.24, 2.45) is 5.92 Å². The van der Waals surface area contributed by atoms with Gasteiger partial charge in [0.1, 0.15) is 12.1 Å². The molecule has 0 spiro atoms. The molecule has 0 bridgehead atoms. The number of aliphatic carboxylic acids is 1. The third-order valence-corrected chi connectivity index (χ3v) is 5.63. The summed E-state index contributed by atoms with van der Waals surface area (Å²) < 4.78 is 0. The van der Waals surface area contributed by atoms with Crippen LogP contribution in [-0.2, 0) is 33.6 Å². The number of carboxylic acid groups (broad SMARTS) is 1. The Balaban J connectivity index is 1.96. The van der Waals surface area contributed by atoms with E-state index in [-0.39, 0.29) is 37.6 Å². The molecule has 0 aromatic carbocycles. The maximum absolute atomic E-state index is 13.3. The fourth-order valence-electron chi connectivity index (χ4n) is 3.66. The molecule has 2 aliphatic rings. The molecule has 34 heavy (non-hydrogen) atoms. The standard InChI is InChI=1S/C22H30N4O8/c1-13(2)20(21(32)25(14(3)22(33)34)26-18(30)10-11-19(26)31)23-15(27)7-5-4-6-12-24-16(28)8-9-17(24)29/h8-9,13-14,20H,4-7,10-12H2,1-3H3,(H,23,27)(H,33,34)/t14-,20-/m0/s1. The third-order valence-electron chi connectivity index (χ3n) is 5.63. The molecule has 0 aromatic heterocycles. The number of unbranched alkanes of at least 4 members (excludes halogenated alkanes) is 2. The minimum atomic E-state index is -1.50. The molecule has 0 aliphatic carbocycles. The van der Waals surface area contributed by atoms with Crippen LogP contribution in [0.5, 0.6) is 0 Å². The topological polar surface area (TPSA) is 161 Å². The zero-order valence-electron chi connectivity index (χ0n) is 19.5. The van der Waals surface area contributed by atoms with Crippen molar-refractivity contribution < 1.29 is 38.7 Å². The summed E-state index contributed by atoms with van der Waals surface area (Å²) in [6, 6.07) is -2.65. The van der Waals surface area contributed by atoms with Crippen LogP contribution in [-0.4, -0.2) is 80.1 Å². The monoisotopic (exact) mass is 478 g/mol. The van der Waals surface area contributed by atoms with Gasteiger partial charge in [0, 0.05) is 38.0 Å². The van der Waals surface area contributed by atoms with E-state index in [4.69, 9.17) is 0 Å². The highest BCUT2D eigenvalue weighted by Gasteiger charge is 2.44. The molecule has 186 valence electrons. The Morgan fingerprint density at radius 1 is 0.971 bits per heavy atom. The molecule has 6 amide bonds. The van der Waals surface area contributed by atoms with Crippen LogP contribution >= 0.6 is 0 Å². The first-order valence-electron chi connectivity index (χ1n) is 11.2. The molecule has 2 heterocycles. The maximum atomic E-state index is 13.3. The Morgan fingerprint density at radius 3 is 2.03 bits per heavy atom. The molecular weight excluding hydrogens is 448 g/mol. The predicted octanol–water partition coefficient (Wildman–Crippen LogP) is -0.0217. The molecule has 2 N–H and O–H groups in total. The maximum Gasteiger partial charge on any atom is 0.328 e. The summed E-state index contributed by atoms with van der Waals surface area (Å²) in [5.41, 5.74) is 0. The third kappa shape index (κ3) is 6.27. The highest BCUT2D eigenvalue weighted by atomic mass is 16.4. The van der Waals surface area contributed by atoms with E-state index in [1.165, 1.54) is 19.1 Å². The van der Waals surface area contributed by atoms with Gasteiger partial charge in [-0.25, -0.2) is 9.80 Å². The van der Waals surface area contributed by atoms with Crippen molar-refractivity contribution in [3.63, 3.8) is 0 Å². The molecule has 2 atom stereocenters. The number of hydrogen-bond acceptors (Lipinski definition) is 7. The molecule has 2 rings (SSSR count). The summed E-state index contributed by atoms with van der Waals surface area (Å²) in [6.07, 6.45) is 3.73. The Labute approximate surface area is 196 Å². The van der Waals surface area contributed by atoms with Crippen molar-refractivity contribution in [3.8, 4) is 0 Å². The van der Waals surface area contributed by atoms with Crippen LogP contribution in [0.4, 0.5) is 0 Å². The number of carbonyl (C=O) groups is 7. The van der Waals surface area contributed by atoms with Gasteiger partial charge in [-0.05, 0) is 25.7 Å². The fourth-order valence-corrected chi connectivity index (χ4v) is 3.66. The van der Waals surface area contributed by atoms with Gasteiger partial charge in [0.15, 0.2) is 0 Å². The molecule has 0 radical (unpaired) electrons. The minimum Gasteiger partial charge on any atom is -0.480 e. The second-order valence-corrected chi connectivity index (χ2v) is 8.56. The van der Waals surface area contributed by atoms with Gasteiger partial charge in [0.25, 0.3) is 17.7 Å². The van der Waals surface area contributed by atoms with E-state index in [1.54, 1.807) is 13.8 Å². The number of rotatable bonds is 12. The summed E-state index contributed by atoms with van der Waals surface area (Å²) in [5.74, 6) is -5.25. The van der Waals surface area contributed by atoms with E-state index in [9.17, 15) is 38.7 Å². The number of carbonyl (C=O) groups excluding carboxylic acids is 6. The van der Waals surface area contributed by atoms with Gasteiger partial charge < -0.3 is 10.4 Å². The van der Waals surface area contributed by atoms with Gasteiger partial charge >= 0.3 is 5.97 Å². The van der Waals surface area contributed by atoms with Gasteiger partial charge in [0.2, 0.25) is 17.7 Å². The lowest BCUT2D eigenvalue weighted by Gasteiger charge is -2.36. The van der Waals surface area contributed by atoms with Crippen LogP contribution in [0.2, 0.25) is 0 Å². The van der Waals surface area contributed by atoms with Crippen molar-refractivity contribution in [1.82, 2.24) is 20.2 Å². The van der Waals surface area contributed by atoms with Crippen LogP contribution in [0.3, 0.4) is 0 Å². The van der Waals surface area contributed by atoms with Gasteiger partial charge in [0.05, 0.1) is 0 Å². The minimum absolute atomic E-state index is 0.0622. The Morgan fingerprint density at radius 2 is 1.53 bits per heavy atom. The van der Waals surface area contributed by atoms with E-state index < -0.39 is 47.6 Å². The number of amides is 6. The summed E-state index contributed by atoms with van der Waals surface area (Å²) in [4.78, 5) is 85.9. The van der Waals surface area contributed by atoms with E-state index in [0.29, 0.717) is 29.3 Å². The van der Waals surface area contributed by atoms with Crippen molar-refractivity contribution in [1.29, 1.82) is 0 Å². The van der Waals surface area contributed by atoms with Gasteiger partial charge in [-0.2, -0.15) is 5.01 Å². The van der Waals surface area contributed by atoms with Crippen LogP contribution in [0.15, 0.2) is 12.2 Å². The summed E-state index contributed by atoms with van der Waals surface area (Å²) in [7, 11) is 0. The second kappa shape index (κ2) is 11.5. The number of carboxylic acids is 1. The molecular formula is C22H30N4O8. The molecule has 0 unspecified atom stereocenters. The van der Waals surface area contributed by atoms with Crippen molar-refractivity contribution in [2.45, 2.75) is 71.4 Å². The normalized spacial score (nSPS) is 17.5. The van der Waals surface area contributed by atoms with E-state index >= 15 is 0 Å². The van der Waals surface area contributed by atoms with E-state index in [1.807, 2.05) is 0 Å². The Kier molecular flexibility index (Phi) is 9.04. The largest absolute Gasteiger partial charge is 0.480 e. The molecule has 12 nitrogen and oxygen atoms in total. The van der Waals surface area contributed by atoms with Crippen molar-refractivity contribution in [3.05, 3.63) is 12.2 Å². The summed E-state index contributed by atoms with van der Waals surface area (Å²) in [6.45, 7) is 4.74. The number of nitrogens with zero attached hydrogens (tertiary/aromatic N) is 3. The van der Waals surface area contributed by atoms with E-state index in [0.717, 1.165) is 4.90 Å². The van der Waals surface area contributed by atoms with Crippen molar-refractivity contribution in [2.75, 3.05) is 6.54 Å². The van der Waals surface area contributed by atoms with Gasteiger partial charge in [-0.1, -0.05) is 20.3 Å². The SMILES string of the molecule is CC(C)[C@H](NC(=O)CCCCCN1C(=O)C=CC1=O)C(=O)N([C@@H](C)C(=O)O)N1C(=O)CCC1=O. The molecule has 0 saturated carbocycles. The number of imide groups is 2. The predicted molar refractivity (Wildman–Crippen MR) is 116 cm³/mol. The lowest BCUT2D eigenvalue weighted by molar-refractivity contribution is -0.179. The molecule has 1 saturated heterocycles. The first-order valence-corrected chi connectivity index (χ1v) is 11.2. The average Bonchev–Trinajstić information content (AvgIpc) is 3.27. The number of hydrogen-bond donors (Lipinski definition) is 2. The highest BCUT2D eigenvalue weighted by molar-refractivity contribution is 6.12. The van der Waals surface area contributed by atoms with Crippen LogP contribution < -0.4 is 5.32 Å². The van der Waals surface area contributed by atoms with Gasteiger partial charge in [-0.3, -0.25) is 33.7 Å². The van der Waals surface area contributed by atoms with Crippen LogP contribution in [0, 0.1) is 5.92 Å². The molecule has 2 aliphatic heterocycles. The average molecular weight is 479 g/mol. The van der Waals surface area contributed by atoms with E-state index in [2.05, 4.69) is 5.32 Å². The fraction of sp³-hybridized carbons (Fsp3) is 0.591. The number of hydrazine groups is 1. The smallest absolute Gasteiger partial charge is 0.328 e. The van der Waals surface area contributed by atoms with Gasteiger partial charge in [-0.15, -0.1) is 0 Å². The lowest BCUT2D eigenvalue weighted by atomic mass is 10.0. The molecule has 0 aromatic rings. The van der Waals surface area contributed by atoms with Crippen molar-refractivity contribution >= 4 is 41.4 Å². The first kappa shape index (κ1) is 26.7. The molecule has 12 heteroatoms. The Hall–Kier alpha value is -3.57. The number of nitrogens with one attached hydrogen (secondary N) is 1. The van der Waals surface area contributed by atoms with Crippen LogP contribution in [0.1, 0.15) is 59.3 Å². The second-order valence-electron chi connectivity index (χ2n) is 8.56. The zero-order chi connectivity index (χ0) is 25.6. The summed E-state index contributed by atoms with van der Waals surface area (Å²) >= 11 is 0. The zero-order valence-corrected chi connectivity index (χ0v) is 19.5. The lowest BCUT2D eigenvalue weighted by Crippen LogP contribution is -2.62. The highest BCUT2D eigenvalue weighted by Crippen LogP contribution is 2.20. The molecule has 1 fully saturated rings. The summed E-state index contributed by atoms with van der Waals surface area (Å²) in [5, 5.41) is 13.2. The first-order chi connectivity index (χ1) is 16.0. The quantitative estimate of drug-likeness (QED) is 0.292. The van der Waals surface area contributed by atoms with Crippen LogP contribution in [0.25, 0.3) is 0 Å².